The summed E-state index contributed by atoms with van der Waals surface area (Å²) in [6, 6.07) is 11.3. The van der Waals surface area contributed by atoms with Crippen molar-refractivity contribution in [3.63, 3.8) is 0 Å². The maximum Gasteiger partial charge on any atom is 0.165 e. The molecule has 0 spiro atoms. The summed E-state index contributed by atoms with van der Waals surface area (Å²) in [7, 11) is 0. The van der Waals surface area contributed by atoms with Gasteiger partial charge in [-0.15, -0.1) is 16.9 Å². The van der Waals surface area contributed by atoms with Crippen molar-refractivity contribution < 1.29 is 9.13 Å². The van der Waals surface area contributed by atoms with Gasteiger partial charge in [-0.2, -0.15) is 5.26 Å². The molecule has 4 aliphatic heterocycles. The Morgan fingerprint density at radius 3 is 2.65 bits per heavy atom. The number of rotatable bonds is 8. The van der Waals surface area contributed by atoms with E-state index in [9.17, 15) is 5.26 Å². The Bertz CT molecular complexity index is 2070. The number of hydrogen-bond donors (Lipinski definition) is 4. The number of nitrogens with one attached hydrogen (secondary N) is 4. The minimum atomic E-state index is -0.607. The fraction of sp³-hybridized carbons (Fsp3) is 0.421. The molecule has 2 fully saturated rings. The summed E-state index contributed by atoms with van der Waals surface area (Å²) < 4.78 is 20.6. The van der Waals surface area contributed by atoms with Gasteiger partial charge in [-0.25, -0.2) is 4.39 Å². The van der Waals surface area contributed by atoms with Crippen LogP contribution in [0, 0.1) is 17.1 Å². The normalized spacial score (nSPS) is 19.5. The average molecular weight is 763 g/mol. The van der Waals surface area contributed by atoms with Gasteiger partial charge in [0.1, 0.15) is 6.07 Å². The van der Waals surface area contributed by atoms with Crippen LogP contribution >= 0.6 is 34.5 Å². The van der Waals surface area contributed by atoms with Crippen LogP contribution in [0.3, 0.4) is 0 Å². The zero-order valence-electron chi connectivity index (χ0n) is 29.4. The minimum Gasteiger partial charge on any atom is -0.378 e. The van der Waals surface area contributed by atoms with Crippen molar-refractivity contribution in [3.8, 4) is 6.07 Å². The van der Waals surface area contributed by atoms with Gasteiger partial charge in [-0.05, 0) is 80.8 Å². The molecule has 0 aliphatic carbocycles. The van der Waals surface area contributed by atoms with E-state index in [1.807, 2.05) is 23.5 Å². The Balaban J connectivity index is 1.15. The number of hydrogen-bond acceptors (Lipinski definition) is 11. The number of thiophene rings is 1. The first kappa shape index (κ1) is 35.4. The van der Waals surface area contributed by atoms with E-state index in [2.05, 4.69) is 79.8 Å². The molecule has 2 saturated heterocycles. The van der Waals surface area contributed by atoms with Crippen molar-refractivity contribution in [2.45, 2.75) is 70.2 Å². The SMILES string of the molecule is CC(C)(C)N1CCC(N2C=C([C@@H](Nc3cc(Cl)c4ncc(C#N)c(Nc5cccc(Cl)c5F)c4c3)c3csc4c3CCN(C3COC3)C4)NN2)CC1. The summed E-state index contributed by atoms with van der Waals surface area (Å²) in [5.74, 6) is -0.607. The quantitative estimate of drug-likeness (QED) is 0.143. The van der Waals surface area contributed by atoms with E-state index < -0.39 is 5.82 Å². The van der Waals surface area contributed by atoms with Crippen LogP contribution in [0.15, 0.2) is 53.8 Å². The molecule has 14 heteroatoms. The van der Waals surface area contributed by atoms with Crippen molar-refractivity contribution in [1.82, 2.24) is 30.8 Å². The predicted octanol–water partition coefficient (Wildman–Crippen LogP) is 7.70. The van der Waals surface area contributed by atoms with Crippen molar-refractivity contribution in [1.29, 1.82) is 5.26 Å². The van der Waals surface area contributed by atoms with Crippen LogP contribution in [0.4, 0.5) is 21.5 Å². The van der Waals surface area contributed by atoms with Crippen LogP contribution in [0.2, 0.25) is 10.0 Å². The number of likely N-dealkylation sites (tertiary alicyclic amines) is 1. The topological polar surface area (TPSA) is 104 Å². The molecule has 4 N–H and O–H groups in total. The Kier molecular flexibility index (Phi) is 9.72. The molecule has 4 aromatic rings. The second-order valence-electron chi connectivity index (χ2n) is 14.9. The lowest BCUT2D eigenvalue weighted by atomic mass is 9.95. The van der Waals surface area contributed by atoms with Crippen LogP contribution in [0.5, 0.6) is 0 Å². The summed E-state index contributed by atoms with van der Waals surface area (Å²) >= 11 is 14.8. The number of benzene rings is 2. The number of halogens is 3. The smallest absolute Gasteiger partial charge is 0.165 e. The van der Waals surface area contributed by atoms with E-state index >= 15 is 4.39 Å². The van der Waals surface area contributed by atoms with Gasteiger partial charge < -0.3 is 20.8 Å². The molecule has 2 aromatic carbocycles. The molecule has 6 heterocycles. The molecular formula is C38H42Cl2FN9OS. The molecule has 52 heavy (non-hydrogen) atoms. The van der Waals surface area contributed by atoms with Crippen LogP contribution in [-0.4, -0.2) is 70.3 Å². The van der Waals surface area contributed by atoms with E-state index in [-0.39, 0.29) is 27.9 Å². The maximum atomic E-state index is 15.1. The molecular weight excluding hydrogens is 720 g/mol. The number of hydrazine groups is 2. The summed E-state index contributed by atoms with van der Waals surface area (Å²) in [6.45, 7) is 12.4. The van der Waals surface area contributed by atoms with Gasteiger partial charge in [0.15, 0.2) is 5.82 Å². The number of anilines is 3. The summed E-state index contributed by atoms with van der Waals surface area (Å²) in [4.78, 5) is 11.0. The summed E-state index contributed by atoms with van der Waals surface area (Å²) in [5, 5.41) is 22.5. The number of nitrogens with zero attached hydrogens (tertiary/aromatic N) is 5. The number of pyridine rings is 1. The van der Waals surface area contributed by atoms with Crippen molar-refractivity contribution in [3.05, 3.63) is 91.2 Å². The molecule has 0 bridgehead atoms. The average Bonchev–Trinajstić information content (AvgIpc) is 3.76. The lowest BCUT2D eigenvalue weighted by Crippen LogP contribution is -2.52. The van der Waals surface area contributed by atoms with Crippen LogP contribution < -0.4 is 21.6 Å². The number of aromatic nitrogens is 1. The molecule has 272 valence electrons. The Hall–Kier alpha value is -3.67. The second-order valence-corrected chi connectivity index (χ2v) is 16.7. The number of piperidine rings is 1. The minimum absolute atomic E-state index is 0.0203. The van der Waals surface area contributed by atoms with Crippen molar-refractivity contribution >= 4 is 62.5 Å². The third-order valence-electron chi connectivity index (χ3n) is 10.7. The lowest BCUT2D eigenvalue weighted by Gasteiger charge is -2.42. The second kappa shape index (κ2) is 14.3. The highest BCUT2D eigenvalue weighted by molar-refractivity contribution is 7.10. The first-order valence-corrected chi connectivity index (χ1v) is 19.4. The number of nitriles is 1. The van der Waals surface area contributed by atoms with Gasteiger partial charge in [0.2, 0.25) is 0 Å². The first-order chi connectivity index (χ1) is 25.1. The maximum absolute atomic E-state index is 15.1. The molecule has 8 rings (SSSR count). The third-order valence-corrected chi connectivity index (χ3v) is 12.4. The van der Waals surface area contributed by atoms with E-state index in [1.165, 1.54) is 28.3 Å². The van der Waals surface area contributed by atoms with Crippen molar-refractivity contribution in [2.24, 2.45) is 0 Å². The molecule has 4 aliphatic rings. The highest BCUT2D eigenvalue weighted by atomic mass is 35.5. The Labute approximate surface area is 317 Å². The fourth-order valence-electron chi connectivity index (χ4n) is 7.65. The molecule has 0 saturated carbocycles. The van der Waals surface area contributed by atoms with Crippen LogP contribution in [0.1, 0.15) is 61.2 Å². The lowest BCUT2D eigenvalue weighted by molar-refractivity contribution is -0.0691. The van der Waals surface area contributed by atoms with Gasteiger partial charge in [-0.3, -0.25) is 19.8 Å². The fourth-order valence-corrected chi connectivity index (χ4v) is 9.24. The summed E-state index contributed by atoms with van der Waals surface area (Å²) in [5.41, 5.74) is 12.7. The van der Waals surface area contributed by atoms with E-state index in [0.29, 0.717) is 33.7 Å². The van der Waals surface area contributed by atoms with E-state index in [4.69, 9.17) is 27.9 Å². The van der Waals surface area contributed by atoms with Crippen molar-refractivity contribution in [2.75, 3.05) is 43.5 Å². The van der Waals surface area contributed by atoms with E-state index in [0.717, 1.165) is 70.0 Å². The van der Waals surface area contributed by atoms with Gasteiger partial charge >= 0.3 is 0 Å². The molecule has 0 radical (unpaired) electrons. The zero-order chi connectivity index (χ0) is 36.1. The summed E-state index contributed by atoms with van der Waals surface area (Å²) in [6.07, 6.45) is 6.71. The van der Waals surface area contributed by atoms with Gasteiger partial charge in [0.05, 0.1) is 63.5 Å². The predicted molar refractivity (Wildman–Crippen MR) is 206 cm³/mol. The highest BCUT2D eigenvalue weighted by Gasteiger charge is 2.35. The number of fused-ring (bicyclic) bond motifs is 2. The molecule has 0 unspecified atom stereocenters. The van der Waals surface area contributed by atoms with Crippen LogP contribution in [0.25, 0.3) is 10.9 Å². The van der Waals surface area contributed by atoms with Gasteiger partial charge in [0, 0.05) is 66.1 Å². The van der Waals surface area contributed by atoms with Crippen LogP contribution in [-0.2, 0) is 17.7 Å². The zero-order valence-corrected chi connectivity index (χ0v) is 31.7. The third kappa shape index (κ3) is 6.80. The highest BCUT2D eigenvalue weighted by Crippen LogP contribution is 2.41. The molecule has 2 aromatic heterocycles. The number of ether oxygens (including phenoxy) is 1. The largest absolute Gasteiger partial charge is 0.378 e. The monoisotopic (exact) mass is 761 g/mol. The van der Waals surface area contributed by atoms with E-state index in [1.54, 1.807) is 12.1 Å². The van der Waals surface area contributed by atoms with Gasteiger partial charge in [0.25, 0.3) is 0 Å². The Morgan fingerprint density at radius 2 is 1.92 bits per heavy atom. The molecule has 0 amide bonds. The molecule has 10 nitrogen and oxygen atoms in total. The molecule has 1 atom stereocenters. The first-order valence-electron chi connectivity index (χ1n) is 17.7. The van der Waals surface area contributed by atoms with Gasteiger partial charge in [-0.1, -0.05) is 29.3 Å². The standard InChI is InChI=1S/C38H42Cl2FN9OS/c1-38(2,3)49-11-7-24(8-12-49)50-17-32(46-47-50)37(28-21-52-33-18-48(10-9-26(28)33)25-19-51-20-25)44-23-13-27-35(45-31-6-4-5-29(39)34(31)41)22(15-42)16-43-36(27)30(40)14-23/h4-6,13-14,16-17,21,24-25,37,44,46-47H,7-12,18-20H2,1-3H3,(H,43,45)/t37-/m0/s1. The Morgan fingerprint density at radius 1 is 1.12 bits per heavy atom.